The van der Waals surface area contributed by atoms with Crippen LogP contribution in [0.4, 0.5) is 0 Å². The van der Waals surface area contributed by atoms with Gasteiger partial charge >= 0.3 is 0 Å². The Labute approximate surface area is 160 Å². The van der Waals surface area contributed by atoms with Gasteiger partial charge in [0.15, 0.2) is 0 Å². The second kappa shape index (κ2) is 8.21. The molecule has 0 aromatic carbocycles. The molecule has 6 nitrogen and oxygen atoms in total. The first-order valence-corrected chi connectivity index (χ1v) is 10.1. The third-order valence-electron chi connectivity index (χ3n) is 5.89. The predicted molar refractivity (Wildman–Crippen MR) is 102 cm³/mol. The summed E-state index contributed by atoms with van der Waals surface area (Å²) in [6, 6.07) is 6.01. The van der Waals surface area contributed by atoms with Crippen LogP contribution in [0.2, 0.25) is 0 Å². The smallest absolute Gasteiger partial charge is 0.292 e. The van der Waals surface area contributed by atoms with Crippen molar-refractivity contribution >= 4 is 5.91 Å². The number of hydrogen-bond acceptors (Lipinski definition) is 5. The lowest BCUT2D eigenvalue weighted by molar-refractivity contribution is 0.0655. The fourth-order valence-corrected chi connectivity index (χ4v) is 4.14. The molecule has 0 aliphatic carbocycles. The van der Waals surface area contributed by atoms with Gasteiger partial charge < -0.3 is 9.42 Å². The van der Waals surface area contributed by atoms with Crippen LogP contribution in [0.5, 0.6) is 0 Å². The number of carbonyl (C=O) groups excluding carboxylic acids is 1. The van der Waals surface area contributed by atoms with E-state index in [1.807, 2.05) is 23.4 Å². The molecule has 0 saturated carbocycles. The van der Waals surface area contributed by atoms with Crippen molar-refractivity contribution in [3.63, 3.8) is 0 Å². The highest BCUT2D eigenvalue weighted by molar-refractivity contribution is 5.91. The highest BCUT2D eigenvalue weighted by Crippen LogP contribution is 2.28. The van der Waals surface area contributed by atoms with E-state index in [4.69, 9.17) is 4.52 Å². The molecule has 0 radical (unpaired) electrons. The summed E-state index contributed by atoms with van der Waals surface area (Å²) < 4.78 is 5.45. The Morgan fingerprint density at radius 2 is 1.96 bits per heavy atom. The number of amides is 1. The minimum atomic E-state index is -0.00917. The third kappa shape index (κ3) is 4.38. The van der Waals surface area contributed by atoms with Crippen molar-refractivity contribution in [1.82, 2.24) is 19.9 Å². The lowest BCUT2D eigenvalue weighted by Gasteiger charge is -2.31. The van der Waals surface area contributed by atoms with Crippen LogP contribution in [0.25, 0.3) is 0 Å². The van der Waals surface area contributed by atoms with E-state index in [2.05, 4.69) is 34.1 Å². The van der Waals surface area contributed by atoms with Gasteiger partial charge in [0.2, 0.25) is 5.76 Å². The van der Waals surface area contributed by atoms with Gasteiger partial charge in [-0.15, -0.1) is 0 Å². The van der Waals surface area contributed by atoms with Crippen molar-refractivity contribution in [3.05, 3.63) is 47.6 Å². The maximum atomic E-state index is 12.7. The van der Waals surface area contributed by atoms with Gasteiger partial charge in [0.1, 0.15) is 0 Å². The zero-order chi connectivity index (χ0) is 18.6. The van der Waals surface area contributed by atoms with Crippen molar-refractivity contribution in [2.45, 2.75) is 45.1 Å². The molecule has 0 unspecified atom stereocenters. The van der Waals surface area contributed by atoms with Crippen LogP contribution in [-0.4, -0.2) is 52.0 Å². The molecule has 2 saturated heterocycles. The molecule has 1 atom stereocenters. The molecule has 2 aliphatic rings. The zero-order valence-corrected chi connectivity index (χ0v) is 16.0. The number of nitrogens with zero attached hydrogens (tertiary/aromatic N) is 4. The van der Waals surface area contributed by atoms with Crippen molar-refractivity contribution in [1.29, 1.82) is 0 Å². The molecule has 2 fully saturated rings. The van der Waals surface area contributed by atoms with E-state index in [9.17, 15) is 4.79 Å². The lowest BCUT2D eigenvalue weighted by atomic mass is 9.94. The van der Waals surface area contributed by atoms with Gasteiger partial charge in [0.25, 0.3) is 5.91 Å². The van der Waals surface area contributed by atoms with Gasteiger partial charge in [-0.3, -0.25) is 14.7 Å². The second-order valence-corrected chi connectivity index (χ2v) is 8.02. The first-order chi connectivity index (χ1) is 13.2. The molecular formula is C21H28N4O2. The molecule has 2 aliphatic heterocycles. The number of likely N-dealkylation sites (tertiary alicyclic amines) is 2. The van der Waals surface area contributed by atoms with Crippen LogP contribution in [-0.2, 0) is 6.54 Å². The lowest BCUT2D eigenvalue weighted by Crippen LogP contribution is -2.37. The SMILES string of the molecule is CC1CCN(C(=O)c2cc([C@@H]3CCCN(Cc4ccncc4)C3)no2)CC1. The maximum Gasteiger partial charge on any atom is 0.292 e. The Morgan fingerprint density at radius 1 is 1.19 bits per heavy atom. The number of aromatic nitrogens is 2. The van der Waals surface area contributed by atoms with Crippen molar-refractivity contribution in [3.8, 4) is 0 Å². The Bertz CT molecular complexity index is 753. The average molecular weight is 368 g/mol. The molecule has 4 heterocycles. The third-order valence-corrected chi connectivity index (χ3v) is 5.89. The van der Waals surface area contributed by atoms with Crippen LogP contribution in [0.15, 0.2) is 35.1 Å². The molecular weight excluding hydrogens is 340 g/mol. The topological polar surface area (TPSA) is 62.5 Å². The average Bonchev–Trinajstić information content (AvgIpc) is 3.19. The monoisotopic (exact) mass is 368 g/mol. The summed E-state index contributed by atoms with van der Waals surface area (Å²) in [6.45, 7) is 6.85. The van der Waals surface area contributed by atoms with Crippen LogP contribution >= 0.6 is 0 Å². The fraction of sp³-hybridized carbons (Fsp3) is 0.571. The molecule has 2 aromatic rings. The van der Waals surface area contributed by atoms with E-state index in [0.29, 0.717) is 17.6 Å². The van der Waals surface area contributed by atoms with Gasteiger partial charge in [0, 0.05) is 50.6 Å². The molecule has 0 spiro atoms. The van der Waals surface area contributed by atoms with E-state index in [1.54, 1.807) is 0 Å². The molecule has 6 heteroatoms. The van der Waals surface area contributed by atoms with Crippen LogP contribution < -0.4 is 0 Å². The summed E-state index contributed by atoms with van der Waals surface area (Å²) in [6.07, 6.45) is 8.05. The molecule has 144 valence electrons. The van der Waals surface area contributed by atoms with Crippen molar-refractivity contribution in [2.24, 2.45) is 5.92 Å². The van der Waals surface area contributed by atoms with Crippen molar-refractivity contribution in [2.75, 3.05) is 26.2 Å². The minimum absolute atomic E-state index is 0.00917. The number of hydrogen-bond donors (Lipinski definition) is 0. The molecule has 0 N–H and O–H groups in total. The van der Waals surface area contributed by atoms with Gasteiger partial charge in [-0.25, -0.2) is 0 Å². The van der Waals surface area contributed by atoms with Crippen molar-refractivity contribution < 1.29 is 9.32 Å². The Hall–Kier alpha value is -2.21. The summed E-state index contributed by atoms with van der Waals surface area (Å²) >= 11 is 0. The predicted octanol–water partition coefficient (Wildman–Crippen LogP) is 3.32. The number of carbonyl (C=O) groups is 1. The minimum Gasteiger partial charge on any atom is -0.351 e. The maximum absolute atomic E-state index is 12.7. The summed E-state index contributed by atoms with van der Waals surface area (Å²) in [5, 5.41) is 4.25. The summed E-state index contributed by atoms with van der Waals surface area (Å²) in [5.74, 6) is 1.41. The van der Waals surface area contributed by atoms with E-state index >= 15 is 0 Å². The fourth-order valence-electron chi connectivity index (χ4n) is 4.14. The zero-order valence-electron chi connectivity index (χ0n) is 16.0. The van der Waals surface area contributed by atoms with Gasteiger partial charge in [-0.2, -0.15) is 0 Å². The normalized spacial score (nSPS) is 22.1. The van der Waals surface area contributed by atoms with E-state index in [-0.39, 0.29) is 5.91 Å². The van der Waals surface area contributed by atoms with Crippen LogP contribution in [0.3, 0.4) is 0 Å². The second-order valence-electron chi connectivity index (χ2n) is 8.02. The number of rotatable bonds is 4. The Morgan fingerprint density at radius 3 is 2.74 bits per heavy atom. The first kappa shape index (κ1) is 18.2. The Kier molecular flexibility index (Phi) is 5.53. The van der Waals surface area contributed by atoms with E-state index in [0.717, 1.165) is 64.1 Å². The van der Waals surface area contributed by atoms with Gasteiger partial charge in [-0.1, -0.05) is 12.1 Å². The summed E-state index contributed by atoms with van der Waals surface area (Å²) in [4.78, 5) is 21.1. The first-order valence-electron chi connectivity index (χ1n) is 10.1. The van der Waals surface area contributed by atoms with Crippen LogP contribution in [0, 0.1) is 5.92 Å². The highest BCUT2D eigenvalue weighted by Gasteiger charge is 2.28. The van der Waals surface area contributed by atoms with Gasteiger partial charge in [-0.05, 0) is 55.8 Å². The molecule has 2 aromatic heterocycles. The van der Waals surface area contributed by atoms with E-state index < -0.39 is 0 Å². The number of piperidine rings is 2. The van der Waals surface area contributed by atoms with E-state index in [1.165, 1.54) is 5.56 Å². The van der Waals surface area contributed by atoms with Crippen LogP contribution in [0.1, 0.15) is 60.3 Å². The molecule has 27 heavy (non-hydrogen) atoms. The quantitative estimate of drug-likeness (QED) is 0.828. The molecule has 0 bridgehead atoms. The summed E-state index contributed by atoms with van der Waals surface area (Å²) in [7, 11) is 0. The molecule has 4 rings (SSSR count). The largest absolute Gasteiger partial charge is 0.351 e. The van der Waals surface area contributed by atoms with Gasteiger partial charge in [0.05, 0.1) is 5.69 Å². The highest BCUT2D eigenvalue weighted by atomic mass is 16.5. The molecule has 1 amide bonds. The number of pyridine rings is 1. The summed E-state index contributed by atoms with van der Waals surface area (Å²) in [5.41, 5.74) is 2.20. The Balaban J connectivity index is 1.38. The standard InChI is InChI=1S/C21H28N4O2/c1-16-6-11-25(12-7-16)21(26)20-13-19(23-27-20)18-3-2-10-24(15-18)14-17-4-8-22-9-5-17/h4-5,8-9,13,16,18H,2-3,6-7,10-12,14-15H2,1H3/t18-/m1/s1.